The highest BCUT2D eigenvalue weighted by Crippen LogP contribution is 2.13. The van der Waals surface area contributed by atoms with Gasteiger partial charge in [-0.1, -0.05) is 0 Å². The molecule has 1 aliphatic heterocycles. The highest BCUT2D eigenvalue weighted by Gasteiger charge is 2.20. The van der Waals surface area contributed by atoms with Crippen molar-refractivity contribution >= 4 is 5.97 Å². The first-order valence-corrected chi connectivity index (χ1v) is 5.40. The van der Waals surface area contributed by atoms with Gasteiger partial charge in [-0.3, -0.25) is 0 Å². The van der Waals surface area contributed by atoms with Crippen LogP contribution in [0, 0.1) is 0 Å². The first kappa shape index (κ1) is 12.4. The molecule has 5 heteroatoms. The van der Waals surface area contributed by atoms with Crippen molar-refractivity contribution in [3.8, 4) is 0 Å². The summed E-state index contributed by atoms with van der Waals surface area (Å²) in [5, 5.41) is 8.81. The predicted octanol–water partition coefficient (Wildman–Crippen LogP) is 0.374. The summed E-state index contributed by atoms with van der Waals surface area (Å²) in [6.45, 7) is 1.43. The topological polar surface area (TPSA) is 81.8 Å². The smallest absolute Gasteiger partial charge is 0.332 e. The molecule has 15 heavy (non-hydrogen) atoms. The molecule has 5 nitrogen and oxygen atoms in total. The van der Waals surface area contributed by atoms with Crippen LogP contribution in [0.2, 0.25) is 0 Å². The molecule has 1 heterocycles. The Hall–Kier alpha value is -0.650. The van der Waals surface area contributed by atoms with Crippen LogP contribution < -0.4 is 5.73 Å². The molecule has 3 N–H and O–H groups in total. The van der Waals surface area contributed by atoms with Crippen molar-refractivity contribution in [2.45, 2.75) is 37.9 Å². The molecule has 0 aliphatic carbocycles. The fraction of sp³-hybridized carbons (Fsp3) is 0.900. The van der Waals surface area contributed by atoms with E-state index in [2.05, 4.69) is 0 Å². The maximum atomic E-state index is 10.7. The minimum Gasteiger partial charge on any atom is -0.479 e. The fourth-order valence-electron chi connectivity index (χ4n) is 1.59. The lowest BCUT2D eigenvalue weighted by Gasteiger charge is -2.23. The lowest BCUT2D eigenvalue weighted by molar-refractivity contribution is -0.154. The van der Waals surface area contributed by atoms with Gasteiger partial charge in [0, 0.05) is 6.61 Å². The first-order valence-electron chi connectivity index (χ1n) is 5.40. The van der Waals surface area contributed by atoms with Crippen LogP contribution in [0.1, 0.15) is 25.7 Å². The van der Waals surface area contributed by atoms with Crippen molar-refractivity contribution in [3.05, 3.63) is 0 Å². The predicted molar refractivity (Wildman–Crippen MR) is 54.6 cm³/mol. The third kappa shape index (κ3) is 4.59. The van der Waals surface area contributed by atoms with E-state index in [4.69, 9.17) is 20.3 Å². The molecule has 0 spiro atoms. The van der Waals surface area contributed by atoms with Gasteiger partial charge in [-0.15, -0.1) is 0 Å². The van der Waals surface area contributed by atoms with Crippen molar-refractivity contribution < 1.29 is 19.4 Å². The summed E-state index contributed by atoms with van der Waals surface area (Å²) in [6.07, 6.45) is 2.78. The van der Waals surface area contributed by atoms with E-state index in [0.717, 1.165) is 25.9 Å². The van der Waals surface area contributed by atoms with Crippen LogP contribution >= 0.6 is 0 Å². The minimum absolute atomic E-state index is 0.0541. The Balaban J connectivity index is 2.22. The largest absolute Gasteiger partial charge is 0.479 e. The Morgan fingerprint density at radius 2 is 2.40 bits per heavy atom. The van der Waals surface area contributed by atoms with Crippen LogP contribution in [0.5, 0.6) is 0 Å². The van der Waals surface area contributed by atoms with Gasteiger partial charge in [0.1, 0.15) is 0 Å². The molecule has 88 valence electrons. The molecule has 0 bridgehead atoms. The SMILES string of the molecule is NCCC(OCC1CCCCO1)C(=O)O. The Bertz CT molecular complexity index is 192. The zero-order chi connectivity index (χ0) is 11.1. The number of hydrogen-bond acceptors (Lipinski definition) is 4. The highest BCUT2D eigenvalue weighted by atomic mass is 16.5. The zero-order valence-electron chi connectivity index (χ0n) is 8.85. The summed E-state index contributed by atoms with van der Waals surface area (Å²) < 4.78 is 10.7. The lowest BCUT2D eigenvalue weighted by Crippen LogP contribution is -2.32. The molecule has 0 aromatic heterocycles. The van der Waals surface area contributed by atoms with Crippen molar-refractivity contribution in [1.82, 2.24) is 0 Å². The molecule has 2 unspecified atom stereocenters. The van der Waals surface area contributed by atoms with Gasteiger partial charge in [-0.25, -0.2) is 4.79 Å². The number of ether oxygens (including phenoxy) is 2. The quantitative estimate of drug-likeness (QED) is 0.672. The van der Waals surface area contributed by atoms with Gasteiger partial charge in [0.15, 0.2) is 6.10 Å². The van der Waals surface area contributed by atoms with Gasteiger partial charge in [-0.05, 0) is 32.2 Å². The molecule has 0 saturated carbocycles. The molecule has 0 radical (unpaired) electrons. The zero-order valence-corrected chi connectivity index (χ0v) is 8.85. The summed E-state index contributed by atoms with van der Waals surface area (Å²) >= 11 is 0. The van der Waals surface area contributed by atoms with E-state index in [9.17, 15) is 4.79 Å². The van der Waals surface area contributed by atoms with Gasteiger partial charge in [-0.2, -0.15) is 0 Å². The second kappa shape index (κ2) is 6.76. The Morgan fingerprint density at radius 3 is 2.93 bits per heavy atom. The molecule has 1 fully saturated rings. The van der Waals surface area contributed by atoms with Crippen LogP contribution in [-0.2, 0) is 14.3 Å². The molecular weight excluding hydrogens is 198 g/mol. The second-order valence-electron chi connectivity index (χ2n) is 3.73. The molecule has 0 amide bonds. The van der Waals surface area contributed by atoms with Crippen LogP contribution in [0.15, 0.2) is 0 Å². The first-order chi connectivity index (χ1) is 7.24. The van der Waals surface area contributed by atoms with E-state index in [1.54, 1.807) is 0 Å². The van der Waals surface area contributed by atoms with Crippen molar-refractivity contribution in [1.29, 1.82) is 0 Å². The number of carbonyl (C=O) groups is 1. The average molecular weight is 217 g/mol. The normalized spacial score (nSPS) is 23.7. The van der Waals surface area contributed by atoms with E-state index in [-0.39, 0.29) is 6.10 Å². The number of carboxylic acid groups (broad SMARTS) is 1. The molecule has 1 rings (SSSR count). The van der Waals surface area contributed by atoms with E-state index >= 15 is 0 Å². The molecule has 1 saturated heterocycles. The molecule has 1 aliphatic rings. The summed E-state index contributed by atoms with van der Waals surface area (Å²) in [7, 11) is 0. The van der Waals surface area contributed by atoms with Crippen molar-refractivity contribution in [3.63, 3.8) is 0 Å². The molecular formula is C10H19NO4. The van der Waals surface area contributed by atoms with Crippen molar-refractivity contribution in [2.24, 2.45) is 5.73 Å². The number of hydrogen-bond donors (Lipinski definition) is 2. The number of rotatable bonds is 6. The van der Waals surface area contributed by atoms with E-state index in [1.807, 2.05) is 0 Å². The van der Waals surface area contributed by atoms with Crippen LogP contribution in [-0.4, -0.2) is 43.0 Å². The Labute approximate surface area is 89.5 Å². The van der Waals surface area contributed by atoms with Crippen LogP contribution in [0.3, 0.4) is 0 Å². The standard InChI is InChI=1S/C10H19NO4/c11-5-4-9(10(12)13)15-7-8-3-1-2-6-14-8/h8-9H,1-7,11H2,(H,12,13). The number of carboxylic acids is 1. The number of aliphatic carboxylic acids is 1. The van der Waals surface area contributed by atoms with Gasteiger partial charge < -0.3 is 20.3 Å². The van der Waals surface area contributed by atoms with Crippen molar-refractivity contribution in [2.75, 3.05) is 19.8 Å². The molecule has 0 aromatic carbocycles. The lowest BCUT2D eigenvalue weighted by atomic mass is 10.1. The van der Waals surface area contributed by atoms with E-state index in [0.29, 0.717) is 19.6 Å². The van der Waals surface area contributed by atoms with Gasteiger partial charge in [0.2, 0.25) is 0 Å². The fourth-order valence-corrected chi connectivity index (χ4v) is 1.59. The summed E-state index contributed by atoms with van der Waals surface area (Å²) in [6, 6.07) is 0. The minimum atomic E-state index is -0.948. The monoisotopic (exact) mass is 217 g/mol. The third-order valence-corrected chi connectivity index (χ3v) is 2.46. The van der Waals surface area contributed by atoms with Gasteiger partial charge >= 0.3 is 5.97 Å². The average Bonchev–Trinajstić information content (AvgIpc) is 2.25. The third-order valence-electron chi connectivity index (χ3n) is 2.46. The van der Waals surface area contributed by atoms with Crippen LogP contribution in [0.25, 0.3) is 0 Å². The summed E-state index contributed by atoms with van der Waals surface area (Å²) in [5.74, 6) is -0.948. The highest BCUT2D eigenvalue weighted by molar-refractivity contribution is 5.72. The Kier molecular flexibility index (Phi) is 5.60. The maximum Gasteiger partial charge on any atom is 0.332 e. The summed E-state index contributed by atoms with van der Waals surface area (Å²) in [4.78, 5) is 10.7. The summed E-state index contributed by atoms with van der Waals surface area (Å²) in [5.41, 5.74) is 5.30. The molecule has 0 aromatic rings. The number of nitrogens with two attached hydrogens (primary N) is 1. The molecule has 2 atom stereocenters. The van der Waals surface area contributed by atoms with Gasteiger partial charge in [0.25, 0.3) is 0 Å². The van der Waals surface area contributed by atoms with E-state index < -0.39 is 12.1 Å². The second-order valence-corrected chi connectivity index (χ2v) is 3.73. The van der Waals surface area contributed by atoms with Gasteiger partial charge in [0.05, 0.1) is 12.7 Å². The Morgan fingerprint density at radius 1 is 1.60 bits per heavy atom. The maximum absolute atomic E-state index is 10.7. The van der Waals surface area contributed by atoms with Crippen LogP contribution in [0.4, 0.5) is 0 Å². The van der Waals surface area contributed by atoms with E-state index in [1.165, 1.54) is 0 Å².